The van der Waals surface area contributed by atoms with Gasteiger partial charge in [0.05, 0.1) is 12.3 Å². The molecule has 0 radical (unpaired) electrons. The summed E-state index contributed by atoms with van der Waals surface area (Å²) in [5.41, 5.74) is 0.0706. The number of thiophene rings is 1. The maximum absolute atomic E-state index is 5.70. The number of furan rings is 1. The predicted octanol–water partition coefficient (Wildman–Crippen LogP) is 3.62. The van der Waals surface area contributed by atoms with Gasteiger partial charge in [0.1, 0.15) is 5.76 Å². The zero-order valence-electron chi connectivity index (χ0n) is 16.0. The van der Waals surface area contributed by atoms with E-state index in [9.17, 15) is 0 Å². The van der Waals surface area contributed by atoms with Gasteiger partial charge in [-0.15, -0.1) is 11.3 Å². The Bertz CT molecular complexity index is 673. The molecule has 0 spiro atoms. The van der Waals surface area contributed by atoms with Crippen LogP contribution in [0.25, 0.3) is 0 Å². The van der Waals surface area contributed by atoms with Gasteiger partial charge in [-0.3, -0.25) is 9.89 Å². The fourth-order valence-electron chi connectivity index (χ4n) is 3.41. The zero-order chi connectivity index (χ0) is 18.4. The van der Waals surface area contributed by atoms with Crippen LogP contribution >= 0.6 is 11.3 Å². The first kappa shape index (κ1) is 19.0. The molecule has 0 amide bonds. The average Bonchev–Trinajstić information content (AvgIpc) is 3.41. The third-order valence-electron chi connectivity index (χ3n) is 5.03. The summed E-state index contributed by atoms with van der Waals surface area (Å²) in [6.45, 7) is 8.40. The minimum absolute atomic E-state index is 0.0706. The maximum Gasteiger partial charge on any atom is 0.191 e. The van der Waals surface area contributed by atoms with Crippen molar-refractivity contribution >= 4 is 17.3 Å². The van der Waals surface area contributed by atoms with Crippen molar-refractivity contribution in [3.05, 3.63) is 46.5 Å². The maximum atomic E-state index is 5.70. The molecular formula is C20H30N4OS. The first-order valence-electron chi connectivity index (χ1n) is 9.36. The lowest BCUT2D eigenvalue weighted by Gasteiger charge is -2.28. The summed E-state index contributed by atoms with van der Waals surface area (Å²) in [6, 6.07) is 8.59. The van der Waals surface area contributed by atoms with Gasteiger partial charge in [0.25, 0.3) is 0 Å². The molecular weight excluding hydrogens is 344 g/mol. The van der Waals surface area contributed by atoms with Gasteiger partial charge in [0, 0.05) is 30.4 Å². The van der Waals surface area contributed by atoms with Crippen molar-refractivity contribution in [2.24, 2.45) is 4.99 Å². The van der Waals surface area contributed by atoms with Crippen LogP contribution < -0.4 is 10.6 Å². The number of nitrogens with one attached hydrogen (secondary N) is 2. The van der Waals surface area contributed by atoms with E-state index in [-0.39, 0.29) is 11.5 Å². The average molecular weight is 375 g/mol. The minimum atomic E-state index is 0.0706. The Hall–Kier alpha value is -1.79. The Morgan fingerprint density at radius 2 is 2.08 bits per heavy atom. The SMILES string of the molecule is CN=C(NCC(c1ccco1)N1CCCC1)NCC(C)(C)c1cccs1. The van der Waals surface area contributed by atoms with E-state index in [1.54, 1.807) is 17.6 Å². The highest BCUT2D eigenvalue weighted by Crippen LogP contribution is 2.27. The summed E-state index contributed by atoms with van der Waals surface area (Å²) in [5.74, 6) is 1.86. The third-order valence-corrected chi connectivity index (χ3v) is 6.26. The quantitative estimate of drug-likeness (QED) is 0.574. The number of nitrogens with zero attached hydrogens (tertiary/aromatic N) is 2. The van der Waals surface area contributed by atoms with Crippen LogP contribution in [0.2, 0.25) is 0 Å². The second-order valence-electron chi connectivity index (χ2n) is 7.44. The molecule has 1 aliphatic heterocycles. The topological polar surface area (TPSA) is 52.8 Å². The molecule has 5 nitrogen and oxygen atoms in total. The normalized spacial score (nSPS) is 17.4. The van der Waals surface area contributed by atoms with Gasteiger partial charge in [-0.2, -0.15) is 0 Å². The summed E-state index contributed by atoms with van der Waals surface area (Å²) in [6.07, 6.45) is 4.29. The van der Waals surface area contributed by atoms with Crippen molar-refractivity contribution in [3.8, 4) is 0 Å². The molecule has 6 heteroatoms. The molecule has 1 fully saturated rings. The van der Waals surface area contributed by atoms with Crippen molar-refractivity contribution in [3.63, 3.8) is 0 Å². The second kappa shape index (κ2) is 8.73. The Morgan fingerprint density at radius 1 is 1.27 bits per heavy atom. The second-order valence-corrected chi connectivity index (χ2v) is 8.39. The van der Waals surface area contributed by atoms with Crippen molar-refractivity contribution in [2.45, 2.75) is 38.1 Å². The molecule has 3 rings (SSSR count). The van der Waals surface area contributed by atoms with Crippen LogP contribution in [0.15, 0.2) is 45.3 Å². The van der Waals surface area contributed by atoms with Gasteiger partial charge in [-0.05, 0) is 49.5 Å². The zero-order valence-corrected chi connectivity index (χ0v) is 16.8. The predicted molar refractivity (Wildman–Crippen MR) is 109 cm³/mol. The van der Waals surface area contributed by atoms with Crippen molar-refractivity contribution < 1.29 is 4.42 Å². The standard InChI is InChI=1S/C20H30N4OS/c1-20(2,18-9-7-13-26-18)15-23-19(21-3)22-14-16(17-8-6-12-25-17)24-10-4-5-11-24/h6-9,12-13,16H,4-5,10-11,14-15H2,1-3H3,(H2,21,22,23). The Labute approximate surface area is 160 Å². The summed E-state index contributed by atoms with van der Waals surface area (Å²) >= 11 is 1.80. The van der Waals surface area contributed by atoms with Crippen LogP contribution in [-0.2, 0) is 5.41 Å². The Kier molecular flexibility index (Phi) is 6.38. The Morgan fingerprint density at radius 3 is 2.69 bits per heavy atom. The van der Waals surface area contributed by atoms with E-state index < -0.39 is 0 Å². The smallest absolute Gasteiger partial charge is 0.191 e. The highest BCUT2D eigenvalue weighted by Gasteiger charge is 2.26. The van der Waals surface area contributed by atoms with Crippen LogP contribution in [0.5, 0.6) is 0 Å². The Balaban J connectivity index is 1.57. The van der Waals surface area contributed by atoms with E-state index in [4.69, 9.17) is 4.42 Å². The molecule has 26 heavy (non-hydrogen) atoms. The van der Waals surface area contributed by atoms with Crippen LogP contribution in [0, 0.1) is 0 Å². The fraction of sp³-hybridized carbons (Fsp3) is 0.550. The molecule has 2 aromatic heterocycles. The molecule has 142 valence electrons. The number of aliphatic imine (C=N–C) groups is 1. The van der Waals surface area contributed by atoms with Gasteiger partial charge >= 0.3 is 0 Å². The van der Waals surface area contributed by atoms with Gasteiger partial charge in [0.2, 0.25) is 0 Å². The lowest BCUT2D eigenvalue weighted by molar-refractivity contribution is 0.215. The summed E-state index contributed by atoms with van der Waals surface area (Å²) in [7, 11) is 1.82. The number of rotatable bonds is 7. The van der Waals surface area contributed by atoms with E-state index >= 15 is 0 Å². The molecule has 2 aromatic rings. The monoisotopic (exact) mass is 374 g/mol. The molecule has 0 saturated carbocycles. The number of likely N-dealkylation sites (tertiary alicyclic amines) is 1. The number of hydrogen-bond acceptors (Lipinski definition) is 4. The van der Waals surface area contributed by atoms with E-state index in [1.165, 1.54) is 17.7 Å². The van der Waals surface area contributed by atoms with E-state index in [0.29, 0.717) is 0 Å². The largest absolute Gasteiger partial charge is 0.468 e. The lowest BCUT2D eigenvalue weighted by Crippen LogP contribution is -2.46. The van der Waals surface area contributed by atoms with E-state index in [0.717, 1.165) is 37.9 Å². The van der Waals surface area contributed by atoms with Gasteiger partial charge in [-0.25, -0.2) is 0 Å². The van der Waals surface area contributed by atoms with Crippen LogP contribution in [0.4, 0.5) is 0 Å². The van der Waals surface area contributed by atoms with Crippen molar-refractivity contribution in [1.29, 1.82) is 0 Å². The molecule has 1 atom stereocenters. The molecule has 1 aliphatic rings. The van der Waals surface area contributed by atoms with Crippen molar-refractivity contribution in [2.75, 3.05) is 33.2 Å². The van der Waals surface area contributed by atoms with Crippen LogP contribution in [-0.4, -0.2) is 44.1 Å². The first-order valence-corrected chi connectivity index (χ1v) is 10.2. The molecule has 0 aromatic carbocycles. The summed E-state index contributed by atoms with van der Waals surface area (Å²) in [4.78, 5) is 8.28. The first-order chi connectivity index (χ1) is 12.6. The van der Waals surface area contributed by atoms with Crippen LogP contribution in [0.1, 0.15) is 43.4 Å². The molecule has 0 aliphatic carbocycles. The molecule has 3 heterocycles. The molecule has 1 unspecified atom stereocenters. The molecule has 2 N–H and O–H groups in total. The summed E-state index contributed by atoms with van der Waals surface area (Å²) < 4.78 is 5.70. The van der Waals surface area contributed by atoms with E-state index in [1.807, 2.05) is 13.1 Å². The van der Waals surface area contributed by atoms with Gasteiger partial charge in [0.15, 0.2) is 5.96 Å². The van der Waals surface area contributed by atoms with Gasteiger partial charge < -0.3 is 15.1 Å². The third kappa shape index (κ3) is 4.68. The van der Waals surface area contributed by atoms with Crippen molar-refractivity contribution in [1.82, 2.24) is 15.5 Å². The van der Waals surface area contributed by atoms with Crippen LogP contribution in [0.3, 0.4) is 0 Å². The summed E-state index contributed by atoms with van der Waals surface area (Å²) in [5, 5.41) is 9.11. The highest BCUT2D eigenvalue weighted by atomic mass is 32.1. The molecule has 1 saturated heterocycles. The van der Waals surface area contributed by atoms with Gasteiger partial charge in [-0.1, -0.05) is 19.9 Å². The highest BCUT2D eigenvalue weighted by molar-refractivity contribution is 7.10. The fourth-order valence-corrected chi connectivity index (χ4v) is 4.27. The van der Waals surface area contributed by atoms with E-state index in [2.05, 4.69) is 58.0 Å². The molecule has 0 bridgehead atoms. The number of hydrogen-bond donors (Lipinski definition) is 2. The number of guanidine groups is 1. The lowest BCUT2D eigenvalue weighted by atomic mass is 9.91. The minimum Gasteiger partial charge on any atom is -0.468 e.